The van der Waals surface area contributed by atoms with E-state index in [-0.39, 0.29) is 17.9 Å². The SMILES string of the molecule is COc1cc(N2CCC(NCC(C3=CC=CC=CC3)c3ccccc3)C2=O)ccc1-n1cnc(C)c1. The number of hydrogen-bond acceptors (Lipinski definition) is 4. The summed E-state index contributed by atoms with van der Waals surface area (Å²) in [5.74, 6) is 1.02. The number of hydrogen-bond donors (Lipinski definition) is 1. The zero-order valence-electron chi connectivity index (χ0n) is 20.8. The highest BCUT2D eigenvalue weighted by molar-refractivity contribution is 5.99. The van der Waals surface area contributed by atoms with Crippen LogP contribution in [0, 0.1) is 6.92 Å². The lowest BCUT2D eigenvalue weighted by molar-refractivity contribution is -0.118. The van der Waals surface area contributed by atoms with Crippen molar-refractivity contribution in [3.05, 3.63) is 108 Å². The fourth-order valence-corrected chi connectivity index (χ4v) is 4.99. The number of benzene rings is 2. The third-order valence-electron chi connectivity index (χ3n) is 6.91. The normalized spacial score (nSPS) is 18.3. The van der Waals surface area contributed by atoms with Gasteiger partial charge in [0.2, 0.25) is 5.91 Å². The van der Waals surface area contributed by atoms with Gasteiger partial charge in [-0.15, -0.1) is 0 Å². The van der Waals surface area contributed by atoms with Gasteiger partial charge in [-0.05, 0) is 37.5 Å². The maximum Gasteiger partial charge on any atom is 0.244 e. The predicted molar refractivity (Wildman–Crippen MR) is 144 cm³/mol. The Morgan fingerprint density at radius 3 is 2.78 bits per heavy atom. The maximum atomic E-state index is 13.4. The Morgan fingerprint density at radius 1 is 1.14 bits per heavy atom. The Morgan fingerprint density at radius 2 is 2.00 bits per heavy atom. The van der Waals surface area contributed by atoms with Gasteiger partial charge in [-0.25, -0.2) is 4.98 Å². The van der Waals surface area contributed by atoms with E-state index in [9.17, 15) is 4.79 Å². The molecule has 1 fully saturated rings. The zero-order chi connectivity index (χ0) is 24.9. The summed E-state index contributed by atoms with van der Waals surface area (Å²) >= 11 is 0. The summed E-state index contributed by atoms with van der Waals surface area (Å²) < 4.78 is 7.59. The fraction of sp³-hybridized carbons (Fsp3) is 0.267. The van der Waals surface area contributed by atoms with E-state index in [1.807, 2.05) is 46.9 Å². The lowest BCUT2D eigenvalue weighted by atomic mass is 9.88. The Hall–Kier alpha value is -3.90. The first kappa shape index (κ1) is 23.8. The van der Waals surface area contributed by atoms with E-state index in [4.69, 9.17) is 4.74 Å². The quantitative estimate of drug-likeness (QED) is 0.487. The molecule has 184 valence electrons. The van der Waals surface area contributed by atoms with Crippen LogP contribution in [0.15, 0.2) is 97.0 Å². The topological polar surface area (TPSA) is 59.4 Å². The van der Waals surface area contributed by atoms with E-state index in [0.29, 0.717) is 18.8 Å². The van der Waals surface area contributed by atoms with Crippen molar-refractivity contribution in [2.24, 2.45) is 0 Å². The summed E-state index contributed by atoms with van der Waals surface area (Å²) in [5, 5.41) is 3.59. The molecule has 3 aromatic rings. The summed E-state index contributed by atoms with van der Waals surface area (Å²) in [6.45, 7) is 3.34. The van der Waals surface area contributed by atoms with Crippen LogP contribution in [0.1, 0.15) is 30.0 Å². The molecule has 1 aliphatic carbocycles. The zero-order valence-corrected chi connectivity index (χ0v) is 20.8. The van der Waals surface area contributed by atoms with Crippen molar-refractivity contribution in [1.82, 2.24) is 14.9 Å². The van der Waals surface area contributed by atoms with Crippen LogP contribution < -0.4 is 15.0 Å². The summed E-state index contributed by atoms with van der Waals surface area (Å²) in [5.41, 5.74) is 5.29. The highest BCUT2D eigenvalue weighted by Crippen LogP contribution is 2.32. The Kier molecular flexibility index (Phi) is 7.14. The van der Waals surface area contributed by atoms with Crippen molar-refractivity contribution in [1.29, 1.82) is 0 Å². The number of methoxy groups -OCH3 is 1. The molecule has 1 saturated heterocycles. The summed E-state index contributed by atoms with van der Waals surface area (Å²) in [6.07, 6.45) is 16.0. The monoisotopic (exact) mass is 480 g/mol. The minimum Gasteiger partial charge on any atom is -0.494 e. The number of imidazole rings is 1. The molecule has 0 bridgehead atoms. The lowest BCUT2D eigenvalue weighted by Gasteiger charge is -2.23. The van der Waals surface area contributed by atoms with Crippen molar-refractivity contribution in [3.63, 3.8) is 0 Å². The number of anilines is 1. The molecule has 0 radical (unpaired) electrons. The van der Waals surface area contributed by atoms with Crippen molar-refractivity contribution >= 4 is 11.6 Å². The highest BCUT2D eigenvalue weighted by atomic mass is 16.5. The van der Waals surface area contributed by atoms with Crippen molar-refractivity contribution in [3.8, 4) is 11.4 Å². The van der Waals surface area contributed by atoms with Crippen LogP contribution in [0.2, 0.25) is 0 Å². The van der Waals surface area contributed by atoms with Gasteiger partial charge in [0, 0.05) is 37.0 Å². The standard InChI is InChI=1S/C30H32N4O2/c1-22-20-33(21-32-22)28-15-14-25(18-29(28)36-2)34-17-16-27(30(34)35)31-19-26(24-12-8-5-9-13-24)23-10-6-3-4-7-11-23/h3-10,12-15,18,20-21,26-27,31H,11,16-17,19H2,1-2H3. The largest absolute Gasteiger partial charge is 0.494 e. The third kappa shape index (κ3) is 5.04. The number of rotatable bonds is 8. The van der Waals surface area contributed by atoms with E-state index in [1.54, 1.807) is 13.4 Å². The molecule has 1 aliphatic heterocycles. The molecule has 6 nitrogen and oxygen atoms in total. The van der Waals surface area contributed by atoms with Gasteiger partial charge in [0.15, 0.2) is 0 Å². The van der Waals surface area contributed by atoms with Gasteiger partial charge in [0.1, 0.15) is 5.75 Å². The van der Waals surface area contributed by atoms with Crippen LogP contribution in [-0.4, -0.2) is 41.7 Å². The van der Waals surface area contributed by atoms with Gasteiger partial charge in [-0.1, -0.05) is 66.3 Å². The summed E-state index contributed by atoms with van der Waals surface area (Å²) in [6, 6.07) is 16.2. The van der Waals surface area contributed by atoms with E-state index in [2.05, 4.69) is 64.9 Å². The Bertz CT molecular complexity index is 1310. The maximum absolute atomic E-state index is 13.4. The molecule has 36 heavy (non-hydrogen) atoms. The number of ether oxygens (including phenoxy) is 1. The van der Waals surface area contributed by atoms with Crippen LogP contribution in [-0.2, 0) is 4.79 Å². The number of aryl methyl sites for hydroxylation is 1. The van der Waals surface area contributed by atoms with Crippen LogP contribution >= 0.6 is 0 Å². The number of carbonyl (C=O) groups is 1. The van der Waals surface area contributed by atoms with Gasteiger partial charge < -0.3 is 19.5 Å². The first-order valence-corrected chi connectivity index (χ1v) is 12.4. The minimum absolute atomic E-state index is 0.102. The fourth-order valence-electron chi connectivity index (χ4n) is 4.99. The molecule has 2 atom stereocenters. The average Bonchev–Trinajstić information content (AvgIpc) is 3.39. The number of amides is 1. The van der Waals surface area contributed by atoms with Crippen LogP contribution in [0.3, 0.4) is 0 Å². The second-order valence-electron chi connectivity index (χ2n) is 9.24. The molecule has 1 N–H and O–H groups in total. The second-order valence-corrected chi connectivity index (χ2v) is 9.24. The molecular weight excluding hydrogens is 448 g/mol. The minimum atomic E-state index is -0.212. The molecule has 2 aromatic carbocycles. The average molecular weight is 481 g/mol. The molecule has 2 unspecified atom stereocenters. The highest BCUT2D eigenvalue weighted by Gasteiger charge is 2.33. The van der Waals surface area contributed by atoms with Crippen molar-refractivity contribution in [2.75, 3.05) is 25.1 Å². The Balaban J connectivity index is 1.31. The predicted octanol–water partition coefficient (Wildman–Crippen LogP) is 5.11. The van der Waals surface area contributed by atoms with Gasteiger partial charge in [-0.3, -0.25) is 4.79 Å². The van der Waals surface area contributed by atoms with Crippen LogP contribution in [0.25, 0.3) is 5.69 Å². The van der Waals surface area contributed by atoms with Gasteiger partial charge >= 0.3 is 0 Å². The molecular formula is C30H32N4O2. The number of allylic oxidation sites excluding steroid dienone is 5. The lowest BCUT2D eigenvalue weighted by Crippen LogP contribution is -2.40. The molecule has 1 aromatic heterocycles. The second kappa shape index (κ2) is 10.8. The summed E-state index contributed by atoms with van der Waals surface area (Å²) in [7, 11) is 1.65. The number of aromatic nitrogens is 2. The number of carbonyl (C=O) groups excluding carboxylic acids is 1. The van der Waals surface area contributed by atoms with E-state index < -0.39 is 0 Å². The third-order valence-corrected chi connectivity index (χ3v) is 6.91. The van der Waals surface area contributed by atoms with Crippen LogP contribution in [0.4, 0.5) is 5.69 Å². The van der Waals surface area contributed by atoms with E-state index in [1.165, 1.54) is 11.1 Å². The van der Waals surface area contributed by atoms with Crippen molar-refractivity contribution < 1.29 is 9.53 Å². The molecule has 0 saturated carbocycles. The first-order chi connectivity index (χ1) is 17.6. The first-order valence-electron chi connectivity index (χ1n) is 12.4. The van der Waals surface area contributed by atoms with E-state index >= 15 is 0 Å². The molecule has 5 rings (SSSR count). The molecule has 6 heteroatoms. The number of nitrogens with zero attached hydrogens (tertiary/aromatic N) is 3. The molecule has 2 aliphatic rings. The molecule has 0 spiro atoms. The van der Waals surface area contributed by atoms with Gasteiger partial charge in [-0.2, -0.15) is 0 Å². The molecule has 2 heterocycles. The summed E-state index contributed by atoms with van der Waals surface area (Å²) in [4.78, 5) is 19.6. The van der Waals surface area contributed by atoms with Gasteiger partial charge in [0.05, 0.1) is 30.9 Å². The van der Waals surface area contributed by atoms with Crippen molar-refractivity contribution in [2.45, 2.75) is 31.7 Å². The van der Waals surface area contributed by atoms with Gasteiger partial charge in [0.25, 0.3) is 0 Å². The Labute approximate surface area is 212 Å². The number of nitrogens with one attached hydrogen (secondary N) is 1. The van der Waals surface area contributed by atoms with Crippen LogP contribution in [0.5, 0.6) is 5.75 Å². The smallest absolute Gasteiger partial charge is 0.244 e. The van der Waals surface area contributed by atoms with E-state index in [0.717, 1.165) is 29.9 Å². The molecule has 1 amide bonds.